The predicted octanol–water partition coefficient (Wildman–Crippen LogP) is 6.16. The summed E-state index contributed by atoms with van der Waals surface area (Å²) in [5, 5.41) is 0. The lowest BCUT2D eigenvalue weighted by Gasteiger charge is -2.55. The van der Waals surface area contributed by atoms with E-state index in [-0.39, 0.29) is 17.2 Å². The van der Waals surface area contributed by atoms with Crippen molar-refractivity contribution in [3.05, 3.63) is 53.6 Å². The smallest absolute Gasteiger partial charge is 0.317 e. The minimum absolute atomic E-state index is 0.0805. The number of ether oxygens (including phenoxy) is 2. The van der Waals surface area contributed by atoms with Gasteiger partial charge in [0.05, 0.1) is 18.2 Å². The van der Waals surface area contributed by atoms with Crippen LogP contribution in [0.3, 0.4) is 0 Å². The van der Waals surface area contributed by atoms with Crippen molar-refractivity contribution in [3.63, 3.8) is 0 Å². The number of esters is 1. The summed E-state index contributed by atoms with van der Waals surface area (Å²) in [6.07, 6.45) is 9.05. The Balaban J connectivity index is 1.29. The van der Waals surface area contributed by atoms with Crippen LogP contribution in [0.4, 0.5) is 5.69 Å². The van der Waals surface area contributed by atoms with Gasteiger partial charge in [-0.25, -0.2) is 0 Å². The van der Waals surface area contributed by atoms with Gasteiger partial charge >= 0.3 is 5.97 Å². The molecule has 5 nitrogen and oxygen atoms in total. The molecular formula is C28H31NO4. The number of carbonyl (C=O) groups is 2. The highest BCUT2D eigenvalue weighted by Crippen LogP contribution is 2.60. The topological polar surface area (TPSA) is 65.0 Å². The van der Waals surface area contributed by atoms with Crippen LogP contribution in [0.1, 0.15) is 67.8 Å². The molecule has 4 aliphatic rings. The summed E-state index contributed by atoms with van der Waals surface area (Å²) in [7, 11) is 1.59. The van der Waals surface area contributed by atoms with Crippen LogP contribution in [-0.2, 0) is 4.79 Å². The number of ketones is 1. The van der Waals surface area contributed by atoms with Crippen molar-refractivity contribution in [2.75, 3.05) is 7.11 Å². The van der Waals surface area contributed by atoms with E-state index in [0.29, 0.717) is 41.2 Å². The molecule has 4 bridgehead atoms. The van der Waals surface area contributed by atoms with Crippen molar-refractivity contribution < 1.29 is 19.1 Å². The average molecular weight is 446 g/mol. The summed E-state index contributed by atoms with van der Waals surface area (Å²) >= 11 is 0. The number of benzene rings is 2. The summed E-state index contributed by atoms with van der Waals surface area (Å²) in [5.41, 5.74) is 2.00. The first-order valence-corrected chi connectivity index (χ1v) is 12.1. The SMILES string of the molecule is CCC(=O)c1ccc(N=Cc2ccc(OC(=O)C34CC5CC(CC(C5)C3)C4)c(OC)c2)cc1. The van der Waals surface area contributed by atoms with E-state index in [1.807, 2.05) is 31.2 Å². The van der Waals surface area contributed by atoms with Crippen molar-refractivity contribution >= 4 is 23.7 Å². The largest absolute Gasteiger partial charge is 0.493 e. The molecule has 0 radical (unpaired) electrons. The maximum atomic E-state index is 13.3. The zero-order valence-corrected chi connectivity index (χ0v) is 19.4. The van der Waals surface area contributed by atoms with Gasteiger partial charge < -0.3 is 9.47 Å². The quantitative estimate of drug-likeness (QED) is 0.222. The molecule has 0 spiro atoms. The Hall–Kier alpha value is -2.95. The highest BCUT2D eigenvalue weighted by Gasteiger charge is 2.55. The second kappa shape index (κ2) is 8.77. The maximum absolute atomic E-state index is 13.3. The average Bonchev–Trinajstić information content (AvgIpc) is 2.82. The summed E-state index contributed by atoms with van der Waals surface area (Å²) in [4.78, 5) is 29.6. The van der Waals surface area contributed by atoms with Crippen molar-refractivity contribution in [1.82, 2.24) is 0 Å². The van der Waals surface area contributed by atoms with Gasteiger partial charge in [-0.15, -0.1) is 0 Å². The number of rotatable bonds is 7. The van der Waals surface area contributed by atoms with Gasteiger partial charge in [-0.05, 0) is 104 Å². The Morgan fingerprint density at radius 1 is 0.970 bits per heavy atom. The molecule has 0 unspecified atom stereocenters. The Kier molecular flexibility index (Phi) is 5.81. The first kappa shape index (κ1) is 21.9. The van der Waals surface area contributed by atoms with Gasteiger partial charge in [0.1, 0.15) is 0 Å². The van der Waals surface area contributed by atoms with E-state index < -0.39 is 0 Å². The summed E-state index contributed by atoms with van der Waals surface area (Å²) in [6, 6.07) is 12.8. The van der Waals surface area contributed by atoms with E-state index >= 15 is 0 Å². The Labute approximate surface area is 195 Å². The molecule has 172 valence electrons. The summed E-state index contributed by atoms with van der Waals surface area (Å²) in [6.45, 7) is 1.85. The molecule has 4 fully saturated rings. The number of hydrogen-bond donors (Lipinski definition) is 0. The molecule has 2 aromatic carbocycles. The van der Waals surface area contributed by atoms with Crippen LogP contribution in [0, 0.1) is 23.2 Å². The van der Waals surface area contributed by atoms with Crippen LogP contribution in [0.25, 0.3) is 0 Å². The van der Waals surface area contributed by atoms with Crippen molar-refractivity contribution in [2.45, 2.75) is 51.9 Å². The lowest BCUT2D eigenvalue weighted by atomic mass is 9.49. The maximum Gasteiger partial charge on any atom is 0.317 e. The van der Waals surface area contributed by atoms with E-state index in [0.717, 1.165) is 30.5 Å². The van der Waals surface area contributed by atoms with Crippen LogP contribution < -0.4 is 9.47 Å². The lowest BCUT2D eigenvalue weighted by Crippen LogP contribution is -2.51. The molecule has 4 saturated carbocycles. The Morgan fingerprint density at radius 2 is 1.61 bits per heavy atom. The number of carbonyl (C=O) groups excluding carboxylic acids is 2. The number of methoxy groups -OCH3 is 1. The molecule has 33 heavy (non-hydrogen) atoms. The second-order valence-electron chi connectivity index (χ2n) is 10.1. The third kappa shape index (κ3) is 4.33. The normalized spacial score (nSPS) is 27.6. The molecule has 0 atom stereocenters. The summed E-state index contributed by atoms with van der Waals surface area (Å²) < 4.78 is 11.5. The van der Waals surface area contributed by atoms with Crippen LogP contribution >= 0.6 is 0 Å². The molecule has 4 aliphatic carbocycles. The fraction of sp³-hybridized carbons (Fsp3) is 0.464. The highest BCUT2D eigenvalue weighted by molar-refractivity contribution is 5.96. The second-order valence-corrected chi connectivity index (χ2v) is 10.1. The molecule has 0 amide bonds. The Morgan fingerprint density at radius 3 is 2.18 bits per heavy atom. The molecule has 2 aromatic rings. The lowest BCUT2D eigenvalue weighted by molar-refractivity contribution is -0.161. The minimum atomic E-state index is -0.300. The summed E-state index contributed by atoms with van der Waals surface area (Å²) in [5.74, 6) is 3.12. The monoisotopic (exact) mass is 445 g/mol. The number of nitrogens with zero attached hydrogens (tertiary/aromatic N) is 1. The van der Waals surface area contributed by atoms with Gasteiger partial charge in [-0.2, -0.15) is 0 Å². The van der Waals surface area contributed by atoms with E-state index in [4.69, 9.17) is 9.47 Å². The first-order valence-electron chi connectivity index (χ1n) is 12.1. The molecule has 6 rings (SSSR count). The number of aliphatic imine (C=N–C) groups is 1. The molecule has 0 aliphatic heterocycles. The fourth-order valence-electron chi connectivity index (χ4n) is 6.50. The van der Waals surface area contributed by atoms with Crippen LogP contribution in [-0.4, -0.2) is 25.1 Å². The van der Waals surface area contributed by atoms with E-state index in [1.165, 1.54) is 19.3 Å². The fourth-order valence-corrected chi connectivity index (χ4v) is 6.50. The van der Waals surface area contributed by atoms with Crippen LogP contribution in [0.2, 0.25) is 0 Å². The van der Waals surface area contributed by atoms with Crippen LogP contribution in [0.15, 0.2) is 47.5 Å². The molecule has 0 aromatic heterocycles. The molecule has 0 N–H and O–H groups in total. The standard InChI is InChI=1S/C28H31NO4/c1-3-24(30)22-5-7-23(8-6-22)29-17-18-4-9-25(26(13-18)32-2)33-27(31)28-14-19-10-20(15-28)12-21(11-19)16-28/h4-9,13,17,19-21H,3,10-12,14-16H2,1-2H3. The van der Waals surface area contributed by atoms with Crippen molar-refractivity contribution in [2.24, 2.45) is 28.2 Å². The molecule has 0 saturated heterocycles. The zero-order chi connectivity index (χ0) is 23.0. The van der Waals surface area contributed by atoms with Gasteiger partial charge in [-0.1, -0.05) is 6.92 Å². The molecule has 0 heterocycles. The van der Waals surface area contributed by atoms with Crippen molar-refractivity contribution in [1.29, 1.82) is 0 Å². The number of Topliss-reactive ketones (excluding diaryl/α,β-unsaturated/α-hetero) is 1. The Bertz CT molecular complexity index is 1050. The highest BCUT2D eigenvalue weighted by atomic mass is 16.6. The predicted molar refractivity (Wildman–Crippen MR) is 128 cm³/mol. The van der Waals surface area contributed by atoms with Crippen LogP contribution in [0.5, 0.6) is 11.5 Å². The zero-order valence-electron chi connectivity index (χ0n) is 19.4. The van der Waals surface area contributed by atoms with Gasteiger partial charge in [0.2, 0.25) is 0 Å². The first-order chi connectivity index (χ1) is 16.0. The van der Waals surface area contributed by atoms with Gasteiger partial charge in [-0.3, -0.25) is 14.6 Å². The number of hydrogen-bond acceptors (Lipinski definition) is 5. The molecular weight excluding hydrogens is 414 g/mol. The van der Waals surface area contributed by atoms with E-state index in [1.54, 1.807) is 31.5 Å². The van der Waals surface area contributed by atoms with Gasteiger partial charge in [0.25, 0.3) is 0 Å². The third-order valence-electron chi connectivity index (χ3n) is 7.73. The van der Waals surface area contributed by atoms with Crippen molar-refractivity contribution in [3.8, 4) is 11.5 Å². The van der Waals surface area contributed by atoms with E-state index in [9.17, 15) is 9.59 Å². The van der Waals surface area contributed by atoms with Gasteiger partial charge in [0.15, 0.2) is 17.3 Å². The van der Waals surface area contributed by atoms with E-state index in [2.05, 4.69) is 4.99 Å². The third-order valence-corrected chi connectivity index (χ3v) is 7.73. The van der Waals surface area contributed by atoms with Gasteiger partial charge in [0, 0.05) is 18.2 Å². The minimum Gasteiger partial charge on any atom is -0.493 e. The molecule has 5 heteroatoms.